The van der Waals surface area contributed by atoms with Crippen LogP contribution in [0.1, 0.15) is 18.5 Å². The zero-order chi connectivity index (χ0) is 23.3. The summed E-state index contributed by atoms with van der Waals surface area (Å²) in [5, 5.41) is 19.0. The number of hydrogen-bond acceptors (Lipinski definition) is 7. The second-order valence-corrected chi connectivity index (χ2v) is 7.07. The number of carboxylic acid groups (broad SMARTS) is 2. The number of carbonyl (C=O) groups is 2. The number of rotatable bonds is 8. The van der Waals surface area contributed by atoms with Crippen LogP contribution in [0, 0.1) is 12.8 Å². The van der Waals surface area contributed by atoms with Crippen LogP contribution in [-0.2, 0) is 9.59 Å². The van der Waals surface area contributed by atoms with Gasteiger partial charge in [0.25, 0.3) is 5.88 Å². The molecule has 9 heteroatoms. The maximum atomic E-state index is 9.55. The van der Waals surface area contributed by atoms with Crippen molar-refractivity contribution in [2.24, 2.45) is 5.92 Å². The molecule has 3 N–H and O–H groups in total. The lowest BCUT2D eigenvalue weighted by Gasteiger charge is -2.23. The first-order chi connectivity index (χ1) is 15.4. The zero-order valence-corrected chi connectivity index (χ0v) is 18.1. The molecule has 1 atom stereocenters. The molecule has 2 aromatic rings. The summed E-state index contributed by atoms with van der Waals surface area (Å²) in [4.78, 5) is 23.6. The Morgan fingerprint density at radius 1 is 1.09 bits per heavy atom. The fourth-order valence-corrected chi connectivity index (χ4v) is 2.87. The minimum Gasteiger partial charge on any atom is -0.497 e. The number of nitrogens with one attached hydrogen (secondary N) is 1. The summed E-state index contributed by atoms with van der Waals surface area (Å²) >= 11 is 0. The Hall–Kier alpha value is -3.59. The second kappa shape index (κ2) is 13.0. The van der Waals surface area contributed by atoms with Gasteiger partial charge in [-0.05, 0) is 62.7 Å². The van der Waals surface area contributed by atoms with Gasteiger partial charge in [-0.25, -0.2) is 14.6 Å². The quantitative estimate of drug-likeness (QED) is 0.526. The number of ether oxygens (including phenoxy) is 3. The van der Waals surface area contributed by atoms with Crippen LogP contribution < -0.4 is 19.5 Å². The first kappa shape index (κ1) is 24.7. The van der Waals surface area contributed by atoms with Crippen LogP contribution in [0.3, 0.4) is 0 Å². The molecule has 0 bridgehead atoms. The SMILES string of the molecule is COc1ccc(Oc2nc(C)ccc2OC[C@H]2CCCNC2)cc1.O=C(O)/C=C/C(=O)O. The summed E-state index contributed by atoms with van der Waals surface area (Å²) in [5.41, 5.74) is 0.894. The highest BCUT2D eigenvalue weighted by atomic mass is 16.5. The molecular weight excluding hydrogens is 416 g/mol. The van der Waals surface area contributed by atoms with Gasteiger partial charge in [0, 0.05) is 30.3 Å². The molecule has 2 heterocycles. The monoisotopic (exact) mass is 444 g/mol. The van der Waals surface area contributed by atoms with Crippen LogP contribution in [0.5, 0.6) is 23.1 Å². The van der Waals surface area contributed by atoms with Crippen molar-refractivity contribution in [1.82, 2.24) is 10.3 Å². The van der Waals surface area contributed by atoms with Gasteiger partial charge in [-0.1, -0.05) is 0 Å². The molecule has 1 aromatic carbocycles. The molecule has 0 spiro atoms. The minimum absolute atomic E-state index is 0.504. The predicted molar refractivity (Wildman–Crippen MR) is 118 cm³/mol. The van der Waals surface area contributed by atoms with E-state index in [1.807, 2.05) is 43.3 Å². The molecule has 3 rings (SSSR count). The normalized spacial score (nSPS) is 15.4. The highest BCUT2D eigenvalue weighted by molar-refractivity contribution is 5.89. The molecule has 0 aliphatic carbocycles. The molecule has 1 saturated heterocycles. The van der Waals surface area contributed by atoms with Crippen molar-refractivity contribution in [2.45, 2.75) is 19.8 Å². The molecule has 32 heavy (non-hydrogen) atoms. The van der Waals surface area contributed by atoms with E-state index in [-0.39, 0.29) is 0 Å². The minimum atomic E-state index is -1.26. The molecule has 0 amide bonds. The van der Waals surface area contributed by atoms with E-state index in [4.69, 9.17) is 24.4 Å². The Bertz CT molecular complexity index is 891. The van der Waals surface area contributed by atoms with Crippen molar-refractivity contribution in [3.8, 4) is 23.1 Å². The summed E-state index contributed by atoms with van der Waals surface area (Å²) in [6.45, 7) is 4.73. The molecule has 0 saturated carbocycles. The Balaban J connectivity index is 0.000000390. The van der Waals surface area contributed by atoms with Gasteiger partial charge in [-0.15, -0.1) is 0 Å². The Labute approximate surface area is 186 Å². The van der Waals surface area contributed by atoms with E-state index in [0.717, 1.165) is 24.5 Å². The van der Waals surface area contributed by atoms with Gasteiger partial charge in [0.2, 0.25) is 0 Å². The number of hydrogen-bond donors (Lipinski definition) is 3. The largest absolute Gasteiger partial charge is 0.497 e. The van der Waals surface area contributed by atoms with E-state index >= 15 is 0 Å². The lowest BCUT2D eigenvalue weighted by Crippen LogP contribution is -2.33. The van der Waals surface area contributed by atoms with Gasteiger partial charge in [0.05, 0.1) is 13.7 Å². The number of aliphatic carboxylic acids is 2. The highest BCUT2D eigenvalue weighted by Crippen LogP contribution is 2.31. The zero-order valence-electron chi connectivity index (χ0n) is 18.1. The van der Waals surface area contributed by atoms with E-state index in [1.54, 1.807) is 7.11 Å². The average molecular weight is 444 g/mol. The molecule has 1 aliphatic heterocycles. The number of aryl methyl sites for hydroxylation is 1. The number of benzene rings is 1. The summed E-state index contributed by atoms with van der Waals surface area (Å²) in [7, 11) is 1.64. The van der Waals surface area contributed by atoms with Gasteiger partial charge in [0.1, 0.15) is 11.5 Å². The fourth-order valence-electron chi connectivity index (χ4n) is 2.87. The standard InChI is InChI=1S/C19H24N2O3.C4H4O4/c1-14-5-10-18(23-13-15-4-3-11-20-12-15)19(21-14)24-17-8-6-16(22-2)7-9-17;5-3(6)1-2-4(7)8/h5-10,15,20H,3-4,11-13H2,1-2H3;1-2H,(H,5,6)(H,7,8)/b;2-1+/t15-;/m0./s1. The lowest BCUT2D eigenvalue weighted by atomic mass is 10.0. The first-order valence-electron chi connectivity index (χ1n) is 10.1. The molecule has 0 radical (unpaired) electrons. The van der Waals surface area contributed by atoms with E-state index < -0.39 is 11.9 Å². The number of pyridine rings is 1. The Morgan fingerprint density at radius 2 is 1.75 bits per heavy atom. The van der Waals surface area contributed by atoms with E-state index in [9.17, 15) is 9.59 Å². The number of piperidine rings is 1. The van der Waals surface area contributed by atoms with Crippen LogP contribution in [-0.4, -0.2) is 53.9 Å². The molecule has 172 valence electrons. The predicted octanol–water partition coefficient (Wildman–Crippen LogP) is 3.28. The molecule has 1 aliphatic rings. The third-order valence-corrected chi connectivity index (χ3v) is 4.48. The number of carboxylic acids is 2. The van der Waals surface area contributed by atoms with Crippen molar-refractivity contribution in [3.05, 3.63) is 54.2 Å². The van der Waals surface area contributed by atoms with Crippen LogP contribution >= 0.6 is 0 Å². The third kappa shape index (κ3) is 9.05. The van der Waals surface area contributed by atoms with Crippen LogP contribution in [0.25, 0.3) is 0 Å². The molecule has 9 nitrogen and oxygen atoms in total. The number of aromatic nitrogens is 1. The third-order valence-electron chi connectivity index (χ3n) is 4.48. The van der Waals surface area contributed by atoms with Crippen LogP contribution in [0.2, 0.25) is 0 Å². The Morgan fingerprint density at radius 3 is 2.31 bits per heavy atom. The topological polar surface area (TPSA) is 127 Å². The Kier molecular flexibility index (Phi) is 9.99. The first-order valence-corrected chi connectivity index (χ1v) is 10.1. The van der Waals surface area contributed by atoms with Gasteiger partial charge in [0.15, 0.2) is 5.75 Å². The average Bonchev–Trinajstić information content (AvgIpc) is 2.79. The van der Waals surface area contributed by atoms with Crippen LogP contribution in [0.15, 0.2) is 48.6 Å². The van der Waals surface area contributed by atoms with Gasteiger partial charge >= 0.3 is 11.9 Å². The maximum absolute atomic E-state index is 9.55. The van der Waals surface area contributed by atoms with Crippen molar-refractivity contribution >= 4 is 11.9 Å². The lowest BCUT2D eigenvalue weighted by molar-refractivity contribution is -0.134. The summed E-state index contributed by atoms with van der Waals surface area (Å²) in [5.74, 6) is 0.707. The van der Waals surface area contributed by atoms with Crippen molar-refractivity contribution in [2.75, 3.05) is 26.8 Å². The highest BCUT2D eigenvalue weighted by Gasteiger charge is 2.16. The van der Waals surface area contributed by atoms with E-state index in [1.165, 1.54) is 12.8 Å². The summed E-state index contributed by atoms with van der Waals surface area (Å²) < 4.78 is 17.1. The van der Waals surface area contributed by atoms with Crippen LogP contribution in [0.4, 0.5) is 0 Å². The van der Waals surface area contributed by atoms with Gasteiger partial charge in [-0.2, -0.15) is 0 Å². The summed E-state index contributed by atoms with van der Waals surface area (Å²) in [6.07, 6.45) is 3.51. The van der Waals surface area contributed by atoms with E-state index in [0.29, 0.717) is 42.1 Å². The molecule has 0 unspecified atom stereocenters. The van der Waals surface area contributed by atoms with Gasteiger partial charge < -0.3 is 29.7 Å². The smallest absolute Gasteiger partial charge is 0.328 e. The van der Waals surface area contributed by atoms with Gasteiger partial charge in [-0.3, -0.25) is 0 Å². The van der Waals surface area contributed by atoms with Crippen molar-refractivity contribution in [3.63, 3.8) is 0 Å². The van der Waals surface area contributed by atoms with Crippen molar-refractivity contribution in [1.29, 1.82) is 0 Å². The molecular formula is C23H28N2O7. The fraction of sp³-hybridized carbons (Fsp3) is 0.348. The maximum Gasteiger partial charge on any atom is 0.328 e. The number of methoxy groups -OCH3 is 1. The second-order valence-electron chi connectivity index (χ2n) is 7.07. The van der Waals surface area contributed by atoms with E-state index in [2.05, 4.69) is 10.3 Å². The summed E-state index contributed by atoms with van der Waals surface area (Å²) in [6, 6.07) is 11.3. The number of nitrogens with zero attached hydrogens (tertiary/aromatic N) is 1. The van der Waals surface area contributed by atoms with Crippen molar-refractivity contribution < 1.29 is 34.0 Å². The molecule has 1 aromatic heterocycles. The molecule has 1 fully saturated rings.